The van der Waals surface area contributed by atoms with Crippen LogP contribution < -0.4 is 9.47 Å². The van der Waals surface area contributed by atoms with Crippen LogP contribution in [0.15, 0.2) is 60.7 Å². The van der Waals surface area contributed by atoms with E-state index in [2.05, 4.69) is 12.7 Å². The van der Waals surface area contributed by atoms with Crippen LogP contribution in [0.25, 0.3) is 6.08 Å². The van der Waals surface area contributed by atoms with E-state index in [1.165, 1.54) is 0 Å². The first-order valence-electron chi connectivity index (χ1n) is 8.70. The lowest BCUT2D eigenvalue weighted by Gasteiger charge is -2.21. The van der Waals surface area contributed by atoms with Crippen molar-refractivity contribution in [3.8, 4) is 11.5 Å². The average molecular weight is 347 g/mol. The van der Waals surface area contributed by atoms with Crippen molar-refractivity contribution >= 4 is 12.0 Å². The van der Waals surface area contributed by atoms with Crippen molar-refractivity contribution in [3.63, 3.8) is 0 Å². The molecular formula is C22H21NO3. The Bertz CT molecular complexity index is 886. The third kappa shape index (κ3) is 2.99. The van der Waals surface area contributed by atoms with Crippen LogP contribution in [0.3, 0.4) is 0 Å². The zero-order valence-electron chi connectivity index (χ0n) is 14.8. The molecule has 4 heteroatoms. The molecule has 0 aromatic heterocycles. The summed E-state index contributed by atoms with van der Waals surface area (Å²) in [5.74, 6) is 1.22. The highest BCUT2D eigenvalue weighted by atomic mass is 16.5. The number of nitrogens with zero attached hydrogens (tertiary/aromatic N) is 1. The van der Waals surface area contributed by atoms with E-state index in [0.29, 0.717) is 30.2 Å². The Morgan fingerprint density at radius 2 is 2.00 bits per heavy atom. The summed E-state index contributed by atoms with van der Waals surface area (Å²) < 4.78 is 11.5. The number of carbonyl (C=O) groups is 1. The Morgan fingerprint density at radius 1 is 1.19 bits per heavy atom. The van der Waals surface area contributed by atoms with Gasteiger partial charge in [0.15, 0.2) is 11.5 Å². The van der Waals surface area contributed by atoms with E-state index in [1.807, 2.05) is 47.4 Å². The van der Waals surface area contributed by atoms with Gasteiger partial charge in [-0.3, -0.25) is 4.79 Å². The summed E-state index contributed by atoms with van der Waals surface area (Å²) in [7, 11) is 1.59. The molecule has 2 aliphatic heterocycles. The third-order valence-electron chi connectivity index (χ3n) is 4.85. The molecule has 132 valence electrons. The van der Waals surface area contributed by atoms with Crippen LogP contribution in [0.5, 0.6) is 11.5 Å². The number of methoxy groups -OCH3 is 1. The van der Waals surface area contributed by atoms with Gasteiger partial charge in [0.1, 0.15) is 6.61 Å². The first-order chi connectivity index (χ1) is 12.7. The normalized spacial score (nSPS) is 18.3. The minimum atomic E-state index is 0.0153. The molecule has 1 amide bonds. The Labute approximate surface area is 153 Å². The Kier molecular flexibility index (Phi) is 4.25. The van der Waals surface area contributed by atoms with Crippen molar-refractivity contribution in [2.24, 2.45) is 0 Å². The van der Waals surface area contributed by atoms with Crippen molar-refractivity contribution in [3.05, 3.63) is 77.4 Å². The van der Waals surface area contributed by atoms with E-state index in [9.17, 15) is 4.79 Å². The van der Waals surface area contributed by atoms with E-state index in [4.69, 9.17) is 9.47 Å². The minimum absolute atomic E-state index is 0.0153. The first-order valence-corrected chi connectivity index (χ1v) is 8.70. The summed E-state index contributed by atoms with van der Waals surface area (Å²) >= 11 is 0. The highest BCUT2D eigenvalue weighted by Gasteiger charge is 2.33. The number of benzene rings is 2. The third-order valence-corrected chi connectivity index (χ3v) is 4.85. The van der Waals surface area contributed by atoms with Gasteiger partial charge in [-0.1, -0.05) is 54.6 Å². The molecule has 0 bridgehead atoms. The Morgan fingerprint density at radius 3 is 2.77 bits per heavy atom. The molecule has 1 atom stereocenters. The maximum atomic E-state index is 13.0. The van der Waals surface area contributed by atoms with Crippen molar-refractivity contribution in [1.29, 1.82) is 0 Å². The fourth-order valence-electron chi connectivity index (χ4n) is 3.50. The highest BCUT2D eigenvalue weighted by molar-refractivity contribution is 6.00. The molecule has 0 N–H and O–H groups in total. The maximum Gasteiger partial charge on any atom is 0.255 e. The molecule has 0 spiro atoms. The standard InChI is InChI=1S/C22H21NO3/c1-15-10-18-9-8-17-11-21(26-14-16-6-4-3-5-7-16)20(25-2)12-19(17)22(24)23(18)13-15/h3-9,11-12,18H,1,10,13-14H2,2H3/t18-/m1/s1. The number of ether oxygens (including phenoxy) is 2. The Balaban J connectivity index is 1.66. The number of rotatable bonds is 4. The van der Waals surface area contributed by atoms with Crippen LogP contribution in [-0.4, -0.2) is 30.5 Å². The number of fused-ring (bicyclic) bond motifs is 2. The SMILES string of the molecule is C=C1C[C@H]2C=Cc3cc(OCc4ccccc4)c(OC)cc3C(=O)N2C1. The summed E-state index contributed by atoms with van der Waals surface area (Å²) in [6, 6.07) is 13.7. The van der Waals surface area contributed by atoms with Crippen LogP contribution in [0.4, 0.5) is 0 Å². The van der Waals surface area contributed by atoms with E-state index >= 15 is 0 Å². The molecule has 4 rings (SSSR count). The number of hydrogen-bond acceptors (Lipinski definition) is 3. The first kappa shape index (κ1) is 16.5. The lowest BCUT2D eigenvalue weighted by Crippen LogP contribution is -2.33. The van der Waals surface area contributed by atoms with Crippen LogP contribution in [0, 0.1) is 0 Å². The zero-order chi connectivity index (χ0) is 18.1. The summed E-state index contributed by atoms with van der Waals surface area (Å²) in [5.41, 5.74) is 3.67. The minimum Gasteiger partial charge on any atom is -0.493 e. The van der Waals surface area contributed by atoms with Gasteiger partial charge in [-0.25, -0.2) is 0 Å². The van der Waals surface area contributed by atoms with Crippen LogP contribution >= 0.6 is 0 Å². The van der Waals surface area contributed by atoms with Crippen molar-refractivity contribution in [2.75, 3.05) is 13.7 Å². The van der Waals surface area contributed by atoms with E-state index in [0.717, 1.165) is 23.1 Å². The molecule has 1 saturated heterocycles. The van der Waals surface area contributed by atoms with Crippen LogP contribution in [0.2, 0.25) is 0 Å². The molecule has 2 aromatic carbocycles. The second kappa shape index (κ2) is 6.71. The monoisotopic (exact) mass is 347 g/mol. The fraction of sp³-hybridized carbons (Fsp3) is 0.227. The van der Waals surface area contributed by atoms with Crippen LogP contribution in [0.1, 0.15) is 27.9 Å². The summed E-state index contributed by atoms with van der Waals surface area (Å²) in [5, 5.41) is 0. The molecule has 1 fully saturated rings. The van der Waals surface area contributed by atoms with Gasteiger partial charge >= 0.3 is 0 Å². The molecule has 0 saturated carbocycles. The number of amides is 1. The van der Waals surface area contributed by atoms with Crippen LogP contribution in [-0.2, 0) is 6.61 Å². The smallest absolute Gasteiger partial charge is 0.255 e. The second-order valence-corrected chi connectivity index (χ2v) is 6.68. The second-order valence-electron chi connectivity index (χ2n) is 6.68. The molecule has 0 unspecified atom stereocenters. The quantitative estimate of drug-likeness (QED) is 0.783. The van der Waals surface area contributed by atoms with E-state index in [-0.39, 0.29) is 11.9 Å². The lowest BCUT2D eigenvalue weighted by molar-refractivity contribution is 0.0766. The zero-order valence-corrected chi connectivity index (χ0v) is 14.8. The highest BCUT2D eigenvalue weighted by Crippen LogP contribution is 2.36. The van der Waals surface area contributed by atoms with Gasteiger partial charge in [0.2, 0.25) is 0 Å². The molecule has 0 aliphatic carbocycles. The average Bonchev–Trinajstić information content (AvgIpc) is 3.00. The topological polar surface area (TPSA) is 38.8 Å². The molecular weight excluding hydrogens is 326 g/mol. The van der Waals surface area contributed by atoms with E-state index in [1.54, 1.807) is 13.2 Å². The summed E-state index contributed by atoms with van der Waals surface area (Å²) in [4.78, 5) is 14.8. The maximum absolute atomic E-state index is 13.0. The molecule has 2 aliphatic rings. The lowest BCUT2D eigenvalue weighted by atomic mass is 10.0. The van der Waals surface area contributed by atoms with Gasteiger partial charge in [0.25, 0.3) is 5.91 Å². The predicted octanol–water partition coefficient (Wildman–Crippen LogP) is 4.07. The van der Waals surface area contributed by atoms with Crippen molar-refractivity contribution in [2.45, 2.75) is 19.1 Å². The van der Waals surface area contributed by atoms with E-state index < -0.39 is 0 Å². The predicted molar refractivity (Wildman–Crippen MR) is 101 cm³/mol. The molecule has 0 radical (unpaired) electrons. The van der Waals surface area contributed by atoms with Gasteiger partial charge in [0, 0.05) is 6.54 Å². The van der Waals surface area contributed by atoms with Gasteiger partial charge in [-0.15, -0.1) is 0 Å². The Hall–Kier alpha value is -3.01. The van der Waals surface area contributed by atoms with Crippen molar-refractivity contribution in [1.82, 2.24) is 4.90 Å². The summed E-state index contributed by atoms with van der Waals surface area (Å²) in [6.07, 6.45) is 4.91. The largest absolute Gasteiger partial charge is 0.493 e. The molecule has 26 heavy (non-hydrogen) atoms. The molecule has 4 nitrogen and oxygen atoms in total. The van der Waals surface area contributed by atoms with Gasteiger partial charge in [-0.05, 0) is 29.7 Å². The van der Waals surface area contributed by atoms with Gasteiger partial charge < -0.3 is 14.4 Å². The van der Waals surface area contributed by atoms with Crippen molar-refractivity contribution < 1.29 is 14.3 Å². The summed E-state index contributed by atoms with van der Waals surface area (Å²) in [6.45, 7) is 5.09. The molecule has 2 aromatic rings. The fourth-order valence-corrected chi connectivity index (χ4v) is 3.50. The number of carbonyl (C=O) groups excluding carboxylic acids is 1. The number of hydrogen-bond donors (Lipinski definition) is 0. The van der Waals surface area contributed by atoms with Gasteiger partial charge in [0.05, 0.1) is 18.7 Å². The molecule has 2 heterocycles. The van der Waals surface area contributed by atoms with Gasteiger partial charge in [-0.2, -0.15) is 0 Å².